The van der Waals surface area contributed by atoms with Crippen molar-refractivity contribution in [3.63, 3.8) is 0 Å². The maximum absolute atomic E-state index is 13.8. The van der Waals surface area contributed by atoms with E-state index in [4.69, 9.17) is 4.74 Å². The molecule has 3 aromatic carbocycles. The molecule has 3 aromatic rings. The van der Waals surface area contributed by atoms with Gasteiger partial charge in [-0.05, 0) is 56.2 Å². The molecular weight excluding hydrogens is 498 g/mol. The Kier molecular flexibility index (Phi) is 9.58. The molecule has 2 N–H and O–H groups in total. The summed E-state index contributed by atoms with van der Waals surface area (Å²) in [6.07, 6.45) is 0.809. The number of amides is 3. The van der Waals surface area contributed by atoms with Crippen molar-refractivity contribution in [1.29, 1.82) is 0 Å². The molecule has 200 valence electrons. The highest BCUT2D eigenvalue weighted by Gasteiger charge is 2.35. The Morgan fingerprint density at radius 1 is 1.03 bits per heavy atom. The number of alkyl carbamates (subject to hydrolysis) is 1. The number of hydrogen-bond acceptors (Lipinski definition) is 5. The van der Waals surface area contributed by atoms with Crippen molar-refractivity contribution < 1.29 is 19.1 Å². The highest BCUT2D eigenvalue weighted by molar-refractivity contribution is 7.80. The molecule has 0 aliphatic carbocycles. The van der Waals surface area contributed by atoms with Gasteiger partial charge in [0.2, 0.25) is 5.91 Å². The van der Waals surface area contributed by atoms with Gasteiger partial charge in [0.1, 0.15) is 17.7 Å². The smallest absolute Gasteiger partial charge is 0.408 e. The Hall–Kier alpha value is -3.78. The van der Waals surface area contributed by atoms with Gasteiger partial charge in [-0.1, -0.05) is 66.2 Å². The normalized spacial score (nSPS) is 12.8. The fourth-order valence-electron chi connectivity index (χ4n) is 4.09. The number of aryl methyl sites for hydroxylation is 1. The van der Waals surface area contributed by atoms with Crippen molar-refractivity contribution in [2.75, 3.05) is 17.6 Å². The maximum Gasteiger partial charge on any atom is 0.408 e. The molecule has 0 saturated heterocycles. The summed E-state index contributed by atoms with van der Waals surface area (Å²) < 4.78 is 5.33. The van der Waals surface area contributed by atoms with E-state index < -0.39 is 35.6 Å². The molecule has 0 aliphatic heterocycles. The number of hydrogen-bond donors (Lipinski definition) is 3. The van der Waals surface area contributed by atoms with Crippen LogP contribution in [0, 0.1) is 6.92 Å². The van der Waals surface area contributed by atoms with Gasteiger partial charge in [-0.25, -0.2) is 4.79 Å². The van der Waals surface area contributed by atoms with Gasteiger partial charge >= 0.3 is 6.09 Å². The largest absolute Gasteiger partial charge is 0.444 e. The molecule has 38 heavy (non-hydrogen) atoms. The van der Waals surface area contributed by atoms with Crippen molar-refractivity contribution in [3.05, 3.63) is 90.5 Å². The van der Waals surface area contributed by atoms with Crippen LogP contribution in [0.1, 0.15) is 37.9 Å². The molecule has 2 unspecified atom stereocenters. The van der Waals surface area contributed by atoms with E-state index in [1.54, 1.807) is 32.9 Å². The third kappa shape index (κ3) is 7.61. The van der Waals surface area contributed by atoms with E-state index in [1.165, 1.54) is 4.90 Å². The number of nitrogens with one attached hydrogen (secondary N) is 2. The van der Waals surface area contributed by atoms with E-state index in [2.05, 4.69) is 29.8 Å². The summed E-state index contributed by atoms with van der Waals surface area (Å²) in [5.41, 5.74) is 1.44. The van der Waals surface area contributed by atoms with Crippen LogP contribution in [-0.2, 0) is 14.3 Å². The molecule has 0 aromatic heterocycles. The first-order chi connectivity index (χ1) is 18.0. The summed E-state index contributed by atoms with van der Waals surface area (Å²) in [7, 11) is 0. The molecule has 0 bridgehead atoms. The van der Waals surface area contributed by atoms with Crippen LogP contribution in [-0.4, -0.2) is 46.7 Å². The predicted octanol–water partition coefficient (Wildman–Crippen LogP) is 5.67. The molecule has 0 saturated carbocycles. The maximum atomic E-state index is 13.8. The molecule has 3 amide bonds. The standard InChI is InChI=1S/C30H35N3O4S/c1-6-16-33(28(35)25(19-38)32-29(36)37-30(3,4)5)26(23-13-9-10-20(2)17-23)27(34)31-24-15-14-21-11-7-8-12-22(21)18-24/h6-15,17-18,25-26,38H,1,16,19H2,2-5H3,(H,31,34)(H,32,36). The lowest BCUT2D eigenvalue weighted by molar-refractivity contribution is -0.139. The second-order valence-electron chi connectivity index (χ2n) is 10.0. The first kappa shape index (κ1) is 28.8. The Morgan fingerprint density at radius 2 is 1.74 bits per heavy atom. The number of anilines is 1. The van der Waals surface area contributed by atoms with Crippen LogP contribution in [0.5, 0.6) is 0 Å². The van der Waals surface area contributed by atoms with E-state index >= 15 is 0 Å². The van der Waals surface area contributed by atoms with Crippen molar-refractivity contribution in [2.45, 2.75) is 45.4 Å². The zero-order valence-electron chi connectivity index (χ0n) is 22.2. The van der Waals surface area contributed by atoms with Crippen LogP contribution in [0.25, 0.3) is 10.8 Å². The summed E-state index contributed by atoms with van der Waals surface area (Å²) >= 11 is 4.30. The van der Waals surface area contributed by atoms with E-state index in [0.29, 0.717) is 11.3 Å². The Balaban J connectivity index is 1.96. The molecule has 3 rings (SSSR count). The average Bonchev–Trinajstić information content (AvgIpc) is 2.85. The minimum atomic E-state index is -1.02. The zero-order valence-corrected chi connectivity index (χ0v) is 23.1. The van der Waals surface area contributed by atoms with Crippen molar-refractivity contribution in [3.8, 4) is 0 Å². The zero-order chi connectivity index (χ0) is 27.9. The quantitative estimate of drug-likeness (QED) is 0.244. The number of rotatable bonds is 9. The fraction of sp³-hybridized carbons (Fsp3) is 0.300. The summed E-state index contributed by atoms with van der Waals surface area (Å²) in [6.45, 7) is 11.0. The molecular formula is C30H35N3O4S. The highest BCUT2D eigenvalue weighted by atomic mass is 32.1. The molecule has 0 fully saturated rings. The Labute approximate surface area is 229 Å². The number of ether oxygens (including phenoxy) is 1. The molecule has 0 spiro atoms. The van der Waals surface area contributed by atoms with Crippen LogP contribution >= 0.6 is 12.6 Å². The third-order valence-electron chi connectivity index (χ3n) is 5.72. The first-order valence-electron chi connectivity index (χ1n) is 12.4. The molecule has 7 nitrogen and oxygen atoms in total. The minimum absolute atomic E-state index is 0.0125. The number of thiol groups is 1. The van der Waals surface area contributed by atoms with Gasteiger partial charge in [0.15, 0.2) is 0 Å². The number of carbonyl (C=O) groups is 3. The highest BCUT2D eigenvalue weighted by Crippen LogP contribution is 2.26. The van der Waals surface area contributed by atoms with Gasteiger partial charge < -0.3 is 20.3 Å². The van der Waals surface area contributed by atoms with Gasteiger partial charge in [0.25, 0.3) is 5.91 Å². The van der Waals surface area contributed by atoms with Crippen molar-refractivity contribution in [2.24, 2.45) is 0 Å². The monoisotopic (exact) mass is 533 g/mol. The van der Waals surface area contributed by atoms with Crippen LogP contribution in [0.15, 0.2) is 79.4 Å². The summed E-state index contributed by atoms with van der Waals surface area (Å²) in [5, 5.41) is 7.60. The topological polar surface area (TPSA) is 87.7 Å². The van der Waals surface area contributed by atoms with Crippen molar-refractivity contribution >= 4 is 47.0 Å². The van der Waals surface area contributed by atoms with E-state index in [-0.39, 0.29) is 12.3 Å². The van der Waals surface area contributed by atoms with Crippen LogP contribution < -0.4 is 10.6 Å². The number of benzene rings is 3. The van der Waals surface area contributed by atoms with Gasteiger partial charge in [0, 0.05) is 18.0 Å². The Bertz CT molecular complexity index is 1320. The van der Waals surface area contributed by atoms with Crippen molar-refractivity contribution in [1.82, 2.24) is 10.2 Å². The second-order valence-corrected chi connectivity index (χ2v) is 10.4. The molecule has 0 aliphatic rings. The van der Waals surface area contributed by atoms with Gasteiger partial charge in [0.05, 0.1) is 0 Å². The summed E-state index contributed by atoms with van der Waals surface area (Å²) in [6, 6.07) is 18.9. The van der Waals surface area contributed by atoms with Crippen LogP contribution in [0.2, 0.25) is 0 Å². The van der Waals surface area contributed by atoms with E-state index in [0.717, 1.165) is 16.3 Å². The van der Waals surface area contributed by atoms with Gasteiger partial charge in [-0.15, -0.1) is 6.58 Å². The summed E-state index contributed by atoms with van der Waals surface area (Å²) in [4.78, 5) is 41.4. The molecule has 0 heterocycles. The van der Waals surface area contributed by atoms with Crippen LogP contribution in [0.3, 0.4) is 0 Å². The first-order valence-corrected chi connectivity index (χ1v) is 13.0. The van der Waals surface area contributed by atoms with E-state index in [9.17, 15) is 14.4 Å². The second kappa shape index (κ2) is 12.6. The summed E-state index contributed by atoms with van der Waals surface area (Å²) in [5.74, 6) is -0.861. The predicted molar refractivity (Wildman–Crippen MR) is 155 cm³/mol. The van der Waals surface area contributed by atoms with Gasteiger partial charge in [-0.3, -0.25) is 9.59 Å². The van der Waals surface area contributed by atoms with E-state index in [1.807, 2.05) is 67.6 Å². The fourth-order valence-corrected chi connectivity index (χ4v) is 4.34. The van der Waals surface area contributed by atoms with Gasteiger partial charge in [-0.2, -0.15) is 12.6 Å². The minimum Gasteiger partial charge on any atom is -0.444 e. The Morgan fingerprint density at radius 3 is 2.37 bits per heavy atom. The lowest BCUT2D eigenvalue weighted by Gasteiger charge is -2.33. The average molecular weight is 534 g/mol. The molecule has 8 heteroatoms. The molecule has 0 radical (unpaired) electrons. The number of fused-ring (bicyclic) bond motifs is 1. The lowest BCUT2D eigenvalue weighted by Crippen LogP contribution is -2.53. The number of carbonyl (C=O) groups excluding carboxylic acids is 3. The SMILES string of the molecule is C=CCN(C(=O)C(CS)NC(=O)OC(C)(C)C)C(C(=O)Nc1ccc2ccccc2c1)c1cccc(C)c1. The number of nitrogens with zero attached hydrogens (tertiary/aromatic N) is 1. The molecule has 2 atom stereocenters. The lowest BCUT2D eigenvalue weighted by atomic mass is 10.0. The third-order valence-corrected chi connectivity index (χ3v) is 6.08. The van der Waals surface area contributed by atoms with Crippen LogP contribution in [0.4, 0.5) is 10.5 Å².